The highest BCUT2D eigenvalue weighted by Gasteiger charge is 2.31. The number of nitrogens with zero attached hydrogens (tertiary/aromatic N) is 3. The number of aryl methyl sites for hydroxylation is 1. The predicted octanol–water partition coefficient (Wildman–Crippen LogP) is 1.75. The van der Waals surface area contributed by atoms with Gasteiger partial charge in [0.2, 0.25) is 0 Å². The van der Waals surface area contributed by atoms with Crippen molar-refractivity contribution < 1.29 is 19.1 Å². The molecule has 2 amide bonds. The van der Waals surface area contributed by atoms with Crippen LogP contribution < -0.4 is 10.6 Å². The number of nitrogens with one attached hydrogen (secondary N) is 3. The average molecular weight is 376 g/mol. The molecule has 1 fully saturated rings. The number of alkyl carbamates (subject to hydrolysis) is 1. The molecule has 0 saturated carbocycles. The number of ether oxygens (including phenoxy) is 2. The highest BCUT2D eigenvalue weighted by Crippen LogP contribution is 2.30. The van der Waals surface area contributed by atoms with Crippen molar-refractivity contribution >= 4 is 17.8 Å². The summed E-state index contributed by atoms with van der Waals surface area (Å²) in [7, 11) is 1.69. The zero-order valence-electron chi connectivity index (χ0n) is 15.8. The van der Waals surface area contributed by atoms with Crippen molar-refractivity contribution in [1.29, 1.82) is 0 Å². The summed E-state index contributed by atoms with van der Waals surface area (Å²) in [6.45, 7) is 5.95. The number of aromatic amines is 1. The minimum atomic E-state index is -0.467. The van der Waals surface area contributed by atoms with Crippen LogP contribution in [0.1, 0.15) is 49.5 Å². The predicted molar refractivity (Wildman–Crippen MR) is 96.2 cm³/mol. The Balaban J connectivity index is 1.54. The third-order valence-corrected chi connectivity index (χ3v) is 3.95. The van der Waals surface area contributed by atoms with E-state index in [-0.39, 0.29) is 23.7 Å². The first-order valence-electron chi connectivity index (χ1n) is 8.66. The molecule has 1 aliphatic rings. The van der Waals surface area contributed by atoms with Gasteiger partial charge in [0.1, 0.15) is 17.9 Å². The fourth-order valence-electron chi connectivity index (χ4n) is 2.73. The van der Waals surface area contributed by atoms with Gasteiger partial charge in [0.05, 0.1) is 12.3 Å². The first-order valence-corrected chi connectivity index (χ1v) is 8.66. The average Bonchev–Trinajstić information content (AvgIpc) is 3.26. The fourth-order valence-corrected chi connectivity index (χ4v) is 2.73. The molecule has 0 bridgehead atoms. The molecule has 1 saturated heterocycles. The Kier molecular flexibility index (Phi) is 5.17. The lowest BCUT2D eigenvalue weighted by atomic mass is 10.1. The number of carbonyl (C=O) groups excluding carboxylic acids is 2. The van der Waals surface area contributed by atoms with Crippen LogP contribution in [0.15, 0.2) is 18.3 Å². The van der Waals surface area contributed by atoms with E-state index in [0.717, 1.165) is 0 Å². The fraction of sp³-hybridized carbons (Fsp3) is 0.529. The molecule has 0 radical (unpaired) electrons. The molecule has 3 heterocycles. The van der Waals surface area contributed by atoms with E-state index in [0.29, 0.717) is 30.2 Å². The highest BCUT2D eigenvalue weighted by atomic mass is 16.6. The monoisotopic (exact) mass is 376 g/mol. The van der Waals surface area contributed by atoms with Crippen LogP contribution in [-0.4, -0.2) is 50.2 Å². The lowest BCUT2D eigenvalue weighted by molar-refractivity contribution is 0.0661. The molecule has 2 aromatic heterocycles. The molecule has 10 nitrogen and oxygen atoms in total. The third kappa shape index (κ3) is 4.85. The Morgan fingerprint density at radius 2 is 2.19 bits per heavy atom. The van der Waals surface area contributed by atoms with Gasteiger partial charge in [-0.1, -0.05) is 0 Å². The van der Waals surface area contributed by atoms with E-state index in [1.807, 2.05) is 20.8 Å². The van der Waals surface area contributed by atoms with E-state index in [1.165, 1.54) is 4.68 Å². The van der Waals surface area contributed by atoms with Gasteiger partial charge in [-0.05, 0) is 26.8 Å². The molecular formula is C17H24N6O4. The third-order valence-electron chi connectivity index (χ3n) is 3.95. The largest absolute Gasteiger partial charge is 0.444 e. The van der Waals surface area contributed by atoms with Crippen LogP contribution >= 0.6 is 0 Å². The molecule has 2 atom stereocenters. The summed E-state index contributed by atoms with van der Waals surface area (Å²) in [6, 6.07) is 3.32. The van der Waals surface area contributed by atoms with E-state index >= 15 is 0 Å². The number of anilines is 1. The van der Waals surface area contributed by atoms with Gasteiger partial charge < -0.3 is 20.1 Å². The van der Waals surface area contributed by atoms with Crippen LogP contribution in [0.5, 0.6) is 0 Å². The molecule has 0 spiro atoms. The summed E-state index contributed by atoms with van der Waals surface area (Å²) in [5.41, 5.74) is 0.771. The second-order valence-corrected chi connectivity index (χ2v) is 7.46. The second kappa shape index (κ2) is 7.39. The Morgan fingerprint density at radius 1 is 1.41 bits per heavy atom. The van der Waals surface area contributed by atoms with Gasteiger partial charge in [0.15, 0.2) is 5.82 Å². The maximum absolute atomic E-state index is 12.2. The maximum Gasteiger partial charge on any atom is 0.407 e. The van der Waals surface area contributed by atoms with Crippen LogP contribution in [-0.2, 0) is 16.5 Å². The van der Waals surface area contributed by atoms with Gasteiger partial charge >= 0.3 is 6.09 Å². The SMILES string of the molecule is Cn1nccc1C(=O)Nc1cc(C2CC(OC(=O)NC(C)(C)C)CO2)[nH]n1. The molecule has 3 N–H and O–H groups in total. The van der Waals surface area contributed by atoms with Crippen LogP contribution in [0.25, 0.3) is 0 Å². The Labute approximate surface area is 156 Å². The quantitative estimate of drug-likeness (QED) is 0.747. The molecule has 1 aliphatic heterocycles. The van der Waals surface area contributed by atoms with Crippen molar-refractivity contribution in [2.75, 3.05) is 11.9 Å². The first kappa shape index (κ1) is 18.9. The molecule has 0 aliphatic carbocycles. The topological polar surface area (TPSA) is 123 Å². The second-order valence-electron chi connectivity index (χ2n) is 7.46. The van der Waals surface area contributed by atoms with Crippen LogP contribution in [0.3, 0.4) is 0 Å². The van der Waals surface area contributed by atoms with Gasteiger partial charge in [-0.3, -0.25) is 14.6 Å². The van der Waals surface area contributed by atoms with E-state index in [2.05, 4.69) is 25.9 Å². The molecular weight excluding hydrogens is 352 g/mol. The zero-order chi connectivity index (χ0) is 19.6. The Morgan fingerprint density at radius 3 is 2.85 bits per heavy atom. The number of rotatable bonds is 4. The molecule has 10 heteroatoms. The molecule has 3 rings (SSSR count). The summed E-state index contributed by atoms with van der Waals surface area (Å²) in [4.78, 5) is 24.1. The molecule has 2 unspecified atom stereocenters. The van der Waals surface area contributed by atoms with E-state index in [1.54, 1.807) is 25.4 Å². The molecule has 2 aromatic rings. The standard InChI is InChI=1S/C17H24N6O4/c1-17(2,3)20-16(25)27-10-7-13(26-9-10)11-8-14(22-21-11)19-15(24)12-5-6-18-23(12)4/h5-6,8,10,13H,7,9H2,1-4H3,(H,20,25)(H2,19,21,22,24). The van der Waals surface area contributed by atoms with Gasteiger partial charge in [-0.15, -0.1) is 0 Å². The van der Waals surface area contributed by atoms with Crippen LogP contribution in [0, 0.1) is 0 Å². The molecule has 146 valence electrons. The summed E-state index contributed by atoms with van der Waals surface area (Å²) >= 11 is 0. The Hall–Kier alpha value is -2.88. The number of hydrogen-bond acceptors (Lipinski definition) is 6. The Bertz CT molecular complexity index is 822. The number of amides is 2. The van der Waals surface area contributed by atoms with Crippen molar-refractivity contribution in [1.82, 2.24) is 25.3 Å². The van der Waals surface area contributed by atoms with Gasteiger partial charge in [-0.2, -0.15) is 10.2 Å². The van der Waals surface area contributed by atoms with E-state index < -0.39 is 6.09 Å². The minimum Gasteiger partial charge on any atom is -0.444 e. The van der Waals surface area contributed by atoms with E-state index in [9.17, 15) is 9.59 Å². The summed E-state index contributed by atoms with van der Waals surface area (Å²) in [5.74, 6) is 0.0788. The van der Waals surface area contributed by atoms with Gasteiger partial charge in [0.25, 0.3) is 5.91 Å². The zero-order valence-corrected chi connectivity index (χ0v) is 15.8. The molecule has 27 heavy (non-hydrogen) atoms. The number of H-pyrrole nitrogens is 1. The highest BCUT2D eigenvalue weighted by molar-refractivity contribution is 6.02. The van der Waals surface area contributed by atoms with E-state index in [4.69, 9.17) is 9.47 Å². The van der Waals surface area contributed by atoms with Gasteiger partial charge in [-0.25, -0.2) is 4.79 Å². The molecule has 0 aromatic carbocycles. The number of aromatic nitrogens is 4. The van der Waals surface area contributed by atoms with Crippen molar-refractivity contribution in [2.45, 2.75) is 44.9 Å². The first-order chi connectivity index (χ1) is 12.7. The number of hydrogen-bond donors (Lipinski definition) is 3. The lowest BCUT2D eigenvalue weighted by Gasteiger charge is -2.21. The normalized spacial score (nSPS) is 19.7. The maximum atomic E-state index is 12.2. The number of carbonyl (C=O) groups is 2. The smallest absolute Gasteiger partial charge is 0.407 e. The van der Waals surface area contributed by atoms with Crippen molar-refractivity contribution in [3.8, 4) is 0 Å². The van der Waals surface area contributed by atoms with Crippen molar-refractivity contribution in [2.24, 2.45) is 7.05 Å². The van der Waals surface area contributed by atoms with Crippen LogP contribution in [0.2, 0.25) is 0 Å². The summed E-state index contributed by atoms with van der Waals surface area (Å²) in [5, 5.41) is 16.4. The minimum absolute atomic E-state index is 0.285. The van der Waals surface area contributed by atoms with Gasteiger partial charge in [0, 0.05) is 31.3 Å². The van der Waals surface area contributed by atoms with Crippen LogP contribution in [0.4, 0.5) is 10.6 Å². The lowest BCUT2D eigenvalue weighted by Crippen LogP contribution is -2.42. The van der Waals surface area contributed by atoms with Crippen molar-refractivity contribution in [3.63, 3.8) is 0 Å². The summed E-state index contributed by atoms with van der Waals surface area (Å²) < 4.78 is 12.6. The van der Waals surface area contributed by atoms with Crippen molar-refractivity contribution in [3.05, 3.63) is 29.7 Å². The summed E-state index contributed by atoms with van der Waals surface area (Å²) in [6.07, 6.45) is 0.966.